The minimum atomic E-state index is 0. The van der Waals surface area contributed by atoms with Gasteiger partial charge in [0.1, 0.15) is 0 Å². The molecule has 0 aromatic carbocycles. The zero-order chi connectivity index (χ0) is 10.1. The average Bonchev–Trinajstić information content (AvgIpc) is 2.16. The first-order valence-corrected chi connectivity index (χ1v) is 5.93. The summed E-state index contributed by atoms with van der Waals surface area (Å²) >= 11 is 0. The van der Waals surface area contributed by atoms with Crippen LogP contribution in [0.1, 0.15) is 72.6 Å². The van der Waals surface area contributed by atoms with Crippen molar-refractivity contribution in [1.82, 2.24) is 6.15 Å². The zero-order valence-electron chi connectivity index (χ0n) is 11.1. The maximum Gasteiger partial charge on any atom is -0.0318 e. The second kappa shape index (κ2) is 14.0. The van der Waals surface area contributed by atoms with Crippen LogP contribution < -0.4 is 6.15 Å². The molecule has 0 saturated carbocycles. The Morgan fingerprint density at radius 3 is 1.73 bits per heavy atom. The fourth-order valence-electron chi connectivity index (χ4n) is 1.70. The molecule has 15 heavy (non-hydrogen) atoms. The van der Waals surface area contributed by atoms with Crippen LogP contribution in [0.25, 0.3) is 0 Å². The van der Waals surface area contributed by atoms with Crippen LogP contribution in [0.5, 0.6) is 0 Å². The number of rotatable bonds is 7. The van der Waals surface area contributed by atoms with E-state index in [2.05, 4.69) is 27.7 Å². The smallest absolute Gasteiger partial charge is 0.0318 e. The summed E-state index contributed by atoms with van der Waals surface area (Å²) in [4.78, 5) is 0. The number of allylic oxidation sites excluding steroid dienone is 2. The molecule has 0 unspecified atom stereocenters. The van der Waals surface area contributed by atoms with Crippen molar-refractivity contribution in [2.24, 2.45) is 0 Å². The van der Waals surface area contributed by atoms with E-state index in [0.717, 1.165) is 0 Å². The standard InChI is InChI=1S/C13H26.ClH.H3N/c1-5-8-10-12(4)13(7-3)11-9-6-2;;/h5-11H2,1-4H3;1H;1H3. The molecule has 0 atom stereocenters. The molecule has 0 aliphatic rings. The molecule has 0 aromatic rings. The van der Waals surface area contributed by atoms with Crippen LogP contribution in [0.4, 0.5) is 0 Å². The highest BCUT2D eigenvalue weighted by molar-refractivity contribution is 5.85. The first kappa shape index (κ1) is 20.4. The van der Waals surface area contributed by atoms with Crippen molar-refractivity contribution in [2.45, 2.75) is 72.6 Å². The van der Waals surface area contributed by atoms with E-state index in [-0.39, 0.29) is 18.6 Å². The molecule has 0 bridgehead atoms. The summed E-state index contributed by atoms with van der Waals surface area (Å²) in [6.07, 6.45) is 9.29. The Hall–Kier alpha value is -0.0100. The summed E-state index contributed by atoms with van der Waals surface area (Å²) in [7, 11) is 0. The molecule has 0 aromatic heterocycles. The first-order chi connectivity index (χ1) is 6.26. The second-order valence-electron chi connectivity index (χ2n) is 3.94. The Kier molecular flexibility index (Phi) is 19.0. The van der Waals surface area contributed by atoms with Crippen LogP contribution in [0.3, 0.4) is 0 Å². The maximum atomic E-state index is 2.32. The van der Waals surface area contributed by atoms with Gasteiger partial charge in [-0.2, -0.15) is 0 Å². The van der Waals surface area contributed by atoms with Crippen LogP contribution in [-0.2, 0) is 0 Å². The molecule has 0 amide bonds. The van der Waals surface area contributed by atoms with Gasteiger partial charge in [0, 0.05) is 0 Å². The summed E-state index contributed by atoms with van der Waals surface area (Å²) in [6.45, 7) is 9.16. The molecule has 0 fully saturated rings. The van der Waals surface area contributed by atoms with Gasteiger partial charge < -0.3 is 6.15 Å². The van der Waals surface area contributed by atoms with Gasteiger partial charge in [0.05, 0.1) is 0 Å². The summed E-state index contributed by atoms with van der Waals surface area (Å²) in [5.41, 5.74) is 3.38. The van der Waals surface area contributed by atoms with E-state index in [1.807, 2.05) is 0 Å². The van der Waals surface area contributed by atoms with Crippen molar-refractivity contribution in [1.29, 1.82) is 0 Å². The quantitative estimate of drug-likeness (QED) is 0.567. The lowest BCUT2D eigenvalue weighted by Gasteiger charge is -2.09. The zero-order valence-corrected chi connectivity index (χ0v) is 11.9. The Balaban J connectivity index is -0.000000720. The third-order valence-electron chi connectivity index (χ3n) is 2.77. The van der Waals surface area contributed by atoms with Crippen LogP contribution in [-0.4, -0.2) is 0 Å². The van der Waals surface area contributed by atoms with Crippen molar-refractivity contribution in [3.05, 3.63) is 11.1 Å². The van der Waals surface area contributed by atoms with E-state index in [1.165, 1.54) is 44.9 Å². The van der Waals surface area contributed by atoms with E-state index in [9.17, 15) is 0 Å². The number of hydrogen-bond donors (Lipinski definition) is 1. The number of hydrogen-bond acceptors (Lipinski definition) is 1. The van der Waals surface area contributed by atoms with E-state index < -0.39 is 0 Å². The highest BCUT2D eigenvalue weighted by Crippen LogP contribution is 2.19. The first-order valence-electron chi connectivity index (χ1n) is 5.93. The summed E-state index contributed by atoms with van der Waals surface area (Å²) in [5, 5.41) is 0. The molecule has 0 aliphatic heterocycles. The van der Waals surface area contributed by atoms with Gasteiger partial charge in [0.15, 0.2) is 0 Å². The van der Waals surface area contributed by atoms with Gasteiger partial charge in [-0.05, 0) is 39.0 Å². The normalized spacial score (nSPS) is 11.2. The molecule has 1 nitrogen and oxygen atoms in total. The minimum Gasteiger partial charge on any atom is -0.344 e. The molecule has 0 radical (unpaired) electrons. The Morgan fingerprint density at radius 1 is 0.867 bits per heavy atom. The molecule has 94 valence electrons. The predicted octanol–water partition coefficient (Wildman–Crippen LogP) is 5.68. The van der Waals surface area contributed by atoms with E-state index >= 15 is 0 Å². The lowest BCUT2D eigenvalue weighted by atomic mass is 9.97. The summed E-state index contributed by atoms with van der Waals surface area (Å²) in [6, 6.07) is 0. The maximum absolute atomic E-state index is 2.32. The molecule has 0 rings (SSSR count). The second-order valence-corrected chi connectivity index (χ2v) is 3.94. The van der Waals surface area contributed by atoms with Crippen molar-refractivity contribution in [3.63, 3.8) is 0 Å². The van der Waals surface area contributed by atoms with Gasteiger partial charge in [0.2, 0.25) is 0 Å². The van der Waals surface area contributed by atoms with E-state index in [4.69, 9.17) is 0 Å². The Bertz CT molecular complexity index is 153. The van der Waals surface area contributed by atoms with Crippen molar-refractivity contribution in [3.8, 4) is 0 Å². The lowest BCUT2D eigenvalue weighted by Crippen LogP contribution is -1.89. The molecule has 0 heterocycles. The Labute approximate surface area is 103 Å². The molecule has 3 N–H and O–H groups in total. The molecule has 0 saturated heterocycles. The SMILES string of the molecule is CCCCC(C)=C(CC)CCCC.Cl.N. The third kappa shape index (κ3) is 10.3. The van der Waals surface area contributed by atoms with E-state index in [0.29, 0.717) is 0 Å². The monoisotopic (exact) mass is 235 g/mol. The molecule has 0 spiro atoms. The summed E-state index contributed by atoms with van der Waals surface area (Å²) in [5.74, 6) is 0. The molecule has 0 aliphatic carbocycles. The minimum absolute atomic E-state index is 0. The van der Waals surface area contributed by atoms with Gasteiger partial charge in [0.25, 0.3) is 0 Å². The molecule has 2 heteroatoms. The van der Waals surface area contributed by atoms with E-state index in [1.54, 1.807) is 11.1 Å². The molecular weight excluding hydrogens is 206 g/mol. The summed E-state index contributed by atoms with van der Waals surface area (Å²) < 4.78 is 0. The highest BCUT2D eigenvalue weighted by atomic mass is 35.5. The van der Waals surface area contributed by atoms with Gasteiger partial charge in [-0.1, -0.05) is 44.8 Å². The van der Waals surface area contributed by atoms with Gasteiger partial charge >= 0.3 is 0 Å². The number of unbranched alkanes of at least 4 members (excludes halogenated alkanes) is 2. The largest absolute Gasteiger partial charge is 0.344 e. The van der Waals surface area contributed by atoms with Crippen molar-refractivity contribution < 1.29 is 0 Å². The fourth-order valence-corrected chi connectivity index (χ4v) is 1.70. The van der Waals surface area contributed by atoms with Crippen LogP contribution >= 0.6 is 12.4 Å². The van der Waals surface area contributed by atoms with Gasteiger partial charge in [-0.3, -0.25) is 0 Å². The predicted molar refractivity (Wildman–Crippen MR) is 74.3 cm³/mol. The molecular formula is C13H30ClN. The lowest BCUT2D eigenvalue weighted by molar-refractivity contribution is 0.727. The Morgan fingerprint density at radius 2 is 1.33 bits per heavy atom. The van der Waals surface area contributed by atoms with Crippen molar-refractivity contribution in [2.75, 3.05) is 0 Å². The van der Waals surface area contributed by atoms with Gasteiger partial charge in [-0.25, -0.2) is 0 Å². The van der Waals surface area contributed by atoms with Crippen LogP contribution in [0.15, 0.2) is 11.1 Å². The van der Waals surface area contributed by atoms with Crippen LogP contribution in [0.2, 0.25) is 0 Å². The average molecular weight is 236 g/mol. The topological polar surface area (TPSA) is 35.0 Å². The third-order valence-corrected chi connectivity index (χ3v) is 2.77. The van der Waals surface area contributed by atoms with Gasteiger partial charge in [-0.15, -0.1) is 12.4 Å². The fraction of sp³-hybridized carbons (Fsp3) is 0.846. The van der Waals surface area contributed by atoms with Crippen molar-refractivity contribution >= 4 is 12.4 Å². The number of halogens is 1. The van der Waals surface area contributed by atoms with Crippen LogP contribution in [0, 0.1) is 0 Å². The highest BCUT2D eigenvalue weighted by Gasteiger charge is 1.99.